The van der Waals surface area contributed by atoms with E-state index < -0.39 is 5.91 Å². The number of primary amides is 1. The van der Waals surface area contributed by atoms with Gasteiger partial charge in [0.05, 0.1) is 19.8 Å². The van der Waals surface area contributed by atoms with Gasteiger partial charge in [-0.05, 0) is 29.5 Å². The van der Waals surface area contributed by atoms with Gasteiger partial charge < -0.3 is 19.9 Å². The van der Waals surface area contributed by atoms with Crippen molar-refractivity contribution in [3.63, 3.8) is 0 Å². The number of nitrogens with two attached hydrogens (primary N) is 1. The second kappa shape index (κ2) is 9.45. The van der Waals surface area contributed by atoms with Gasteiger partial charge in [-0.15, -0.1) is 0 Å². The lowest BCUT2D eigenvalue weighted by Gasteiger charge is -2.33. The van der Waals surface area contributed by atoms with Gasteiger partial charge in [-0.25, -0.2) is 0 Å². The molecule has 1 saturated heterocycles. The molecule has 2 aromatic rings. The summed E-state index contributed by atoms with van der Waals surface area (Å²) >= 11 is 0. The average molecular weight is 425 g/mol. The summed E-state index contributed by atoms with van der Waals surface area (Å²) in [5, 5.41) is 0. The van der Waals surface area contributed by atoms with Crippen LogP contribution in [-0.2, 0) is 35.5 Å². The molecule has 8 nitrogen and oxygen atoms in total. The predicted octanol–water partition coefficient (Wildman–Crippen LogP) is 0.407. The number of hydrogen-bond acceptors (Lipinski definition) is 5. The van der Waals surface area contributed by atoms with Gasteiger partial charge >= 0.3 is 0 Å². The largest absolute Gasteiger partial charge is 0.379 e. The third kappa shape index (κ3) is 4.86. The number of rotatable bonds is 6. The lowest BCUT2D eigenvalue weighted by atomic mass is 9.96. The monoisotopic (exact) mass is 424 g/mol. The Kier molecular flexibility index (Phi) is 6.48. The molecule has 2 amide bonds. The fourth-order valence-electron chi connectivity index (χ4n) is 4.29. The Morgan fingerprint density at radius 1 is 1.06 bits per heavy atom. The highest BCUT2D eigenvalue weighted by Crippen LogP contribution is 2.21. The molecule has 0 bridgehead atoms. The zero-order valence-electron chi connectivity index (χ0n) is 17.6. The Bertz CT molecular complexity index is 1010. The van der Waals surface area contributed by atoms with Gasteiger partial charge in [-0.2, -0.15) is 0 Å². The summed E-state index contributed by atoms with van der Waals surface area (Å²) in [6, 6.07) is 9.87. The highest BCUT2D eigenvalue weighted by Gasteiger charge is 2.28. The van der Waals surface area contributed by atoms with Gasteiger partial charge in [0.15, 0.2) is 0 Å². The van der Waals surface area contributed by atoms with E-state index in [2.05, 4.69) is 4.90 Å². The first kappa shape index (κ1) is 21.3. The van der Waals surface area contributed by atoms with Crippen molar-refractivity contribution in [1.29, 1.82) is 0 Å². The molecule has 0 radical (unpaired) electrons. The normalized spacial score (nSPS) is 16.7. The van der Waals surface area contributed by atoms with E-state index in [9.17, 15) is 14.4 Å². The average Bonchev–Trinajstić information content (AvgIpc) is 2.78. The van der Waals surface area contributed by atoms with Crippen LogP contribution in [0, 0.1) is 0 Å². The second-order valence-corrected chi connectivity index (χ2v) is 8.06. The highest BCUT2D eigenvalue weighted by molar-refractivity contribution is 5.94. The molecule has 1 aromatic carbocycles. The Hall–Kier alpha value is -2.97. The van der Waals surface area contributed by atoms with Gasteiger partial charge in [-0.3, -0.25) is 19.3 Å². The lowest BCUT2D eigenvalue weighted by Crippen LogP contribution is -2.47. The van der Waals surface area contributed by atoms with Crippen LogP contribution in [0.2, 0.25) is 0 Å². The summed E-state index contributed by atoms with van der Waals surface area (Å²) in [6.45, 7) is 4.45. The van der Waals surface area contributed by atoms with E-state index in [0.717, 1.165) is 24.2 Å². The molecule has 164 valence electrons. The maximum absolute atomic E-state index is 12.9. The van der Waals surface area contributed by atoms with Crippen LogP contribution in [0.15, 0.2) is 41.3 Å². The van der Waals surface area contributed by atoms with Gasteiger partial charge in [0.1, 0.15) is 5.56 Å². The molecule has 2 aliphatic rings. The number of pyridine rings is 1. The van der Waals surface area contributed by atoms with Crippen LogP contribution in [0.1, 0.15) is 27.0 Å². The highest BCUT2D eigenvalue weighted by atomic mass is 16.5. The minimum atomic E-state index is -0.705. The van der Waals surface area contributed by atoms with Crippen molar-refractivity contribution < 1.29 is 14.3 Å². The van der Waals surface area contributed by atoms with Crippen LogP contribution in [0.4, 0.5) is 0 Å². The van der Waals surface area contributed by atoms with Crippen molar-refractivity contribution in [1.82, 2.24) is 14.4 Å². The number of carbonyl (C=O) groups is 2. The Labute approximate surface area is 181 Å². The zero-order valence-corrected chi connectivity index (χ0v) is 17.6. The Morgan fingerprint density at radius 2 is 1.81 bits per heavy atom. The number of carbonyl (C=O) groups excluding carboxylic acids is 2. The van der Waals surface area contributed by atoms with E-state index >= 15 is 0 Å². The molecule has 1 aromatic heterocycles. The number of aryl methyl sites for hydroxylation is 2. The number of nitrogens with zero attached hydrogens (tertiary/aromatic N) is 3. The summed E-state index contributed by atoms with van der Waals surface area (Å²) in [5.41, 5.74) is 7.90. The molecule has 0 aliphatic carbocycles. The predicted molar refractivity (Wildman–Crippen MR) is 116 cm³/mol. The molecule has 3 heterocycles. The van der Waals surface area contributed by atoms with E-state index in [4.69, 9.17) is 10.5 Å². The van der Waals surface area contributed by atoms with E-state index in [1.165, 1.54) is 0 Å². The van der Waals surface area contributed by atoms with Crippen LogP contribution in [0.5, 0.6) is 0 Å². The summed E-state index contributed by atoms with van der Waals surface area (Å²) in [4.78, 5) is 41.8. The van der Waals surface area contributed by atoms with Crippen LogP contribution >= 0.6 is 0 Å². The first-order chi connectivity index (χ1) is 15.0. The van der Waals surface area contributed by atoms with Gasteiger partial charge in [0.25, 0.3) is 11.5 Å². The van der Waals surface area contributed by atoms with Crippen LogP contribution in [-0.4, -0.2) is 65.6 Å². The number of fused-ring (bicyclic) bond motifs is 1. The first-order valence-electron chi connectivity index (χ1n) is 10.7. The quantitative estimate of drug-likeness (QED) is 0.724. The Morgan fingerprint density at radius 3 is 2.52 bits per heavy atom. The molecular weight excluding hydrogens is 396 g/mol. The molecule has 2 aliphatic heterocycles. The molecule has 0 unspecified atom stereocenters. The number of ether oxygens (including phenoxy) is 1. The third-order valence-electron chi connectivity index (χ3n) is 6.01. The number of morpholine rings is 1. The summed E-state index contributed by atoms with van der Waals surface area (Å²) in [7, 11) is 0. The smallest absolute Gasteiger partial charge is 0.263 e. The van der Waals surface area contributed by atoms with Crippen molar-refractivity contribution in [2.24, 2.45) is 5.73 Å². The maximum Gasteiger partial charge on any atom is 0.263 e. The molecule has 1 fully saturated rings. The number of benzene rings is 1. The minimum Gasteiger partial charge on any atom is -0.379 e. The molecule has 8 heteroatoms. The molecule has 0 spiro atoms. The van der Waals surface area contributed by atoms with Crippen molar-refractivity contribution in [3.05, 3.63) is 69.1 Å². The van der Waals surface area contributed by atoms with Gasteiger partial charge in [0, 0.05) is 38.9 Å². The molecule has 0 atom stereocenters. The molecule has 4 rings (SSSR count). The summed E-state index contributed by atoms with van der Waals surface area (Å²) in [6.07, 6.45) is 2.91. The Balaban J connectivity index is 1.54. The van der Waals surface area contributed by atoms with Gasteiger partial charge in [-0.1, -0.05) is 30.3 Å². The van der Waals surface area contributed by atoms with E-state index in [-0.39, 0.29) is 17.0 Å². The van der Waals surface area contributed by atoms with E-state index in [1.807, 2.05) is 30.3 Å². The number of amides is 2. The first-order valence-corrected chi connectivity index (χ1v) is 10.7. The standard InChI is InChI=1S/C23H28N4O4/c24-22(29)21-19-7-9-26(20(28)16-25-10-12-31-13-11-25)14-18(19)15-27(23(21)30)8-6-17-4-2-1-3-5-17/h1-5,15H,6-14,16H2,(H2,24,29). The van der Waals surface area contributed by atoms with Crippen molar-refractivity contribution in [2.75, 3.05) is 39.4 Å². The minimum absolute atomic E-state index is 0.0511. The SMILES string of the molecule is NC(=O)c1c2c(cn(CCc3ccccc3)c1=O)CN(C(=O)CN1CCOCC1)CC2. The topological polar surface area (TPSA) is 97.9 Å². The van der Waals surface area contributed by atoms with Crippen molar-refractivity contribution >= 4 is 11.8 Å². The third-order valence-corrected chi connectivity index (χ3v) is 6.01. The van der Waals surface area contributed by atoms with Crippen LogP contribution in [0.25, 0.3) is 0 Å². The summed E-state index contributed by atoms with van der Waals surface area (Å²) in [5.74, 6) is -0.654. The molecular formula is C23H28N4O4. The number of aromatic nitrogens is 1. The van der Waals surface area contributed by atoms with Crippen molar-refractivity contribution in [2.45, 2.75) is 25.9 Å². The molecule has 2 N–H and O–H groups in total. The maximum atomic E-state index is 12.9. The number of hydrogen-bond donors (Lipinski definition) is 1. The second-order valence-electron chi connectivity index (χ2n) is 8.06. The lowest BCUT2D eigenvalue weighted by molar-refractivity contribution is -0.134. The fourth-order valence-corrected chi connectivity index (χ4v) is 4.29. The summed E-state index contributed by atoms with van der Waals surface area (Å²) < 4.78 is 6.90. The van der Waals surface area contributed by atoms with Crippen molar-refractivity contribution in [3.8, 4) is 0 Å². The van der Waals surface area contributed by atoms with E-state index in [1.54, 1.807) is 15.7 Å². The van der Waals surface area contributed by atoms with E-state index in [0.29, 0.717) is 57.8 Å². The zero-order chi connectivity index (χ0) is 21.8. The molecule has 31 heavy (non-hydrogen) atoms. The van der Waals surface area contributed by atoms with Crippen LogP contribution in [0.3, 0.4) is 0 Å². The van der Waals surface area contributed by atoms with Crippen LogP contribution < -0.4 is 11.3 Å². The fraction of sp³-hybridized carbons (Fsp3) is 0.435. The van der Waals surface area contributed by atoms with Gasteiger partial charge in [0.2, 0.25) is 5.91 Å². The molecule has 0 saturated carbocycles.